The predicted octanol–water partition coefficient (Wildman–Crippen LogP) is 5.46. The maximum Gasteiger partial charge on any atom is 0.233 e. The SMILES string of the molecule is CCC(CC)(OOC(C)(C)C)OOC(CC)(CC)OOC(C)(C)C. The summed E-state index contributed by atoms with van der Waals surface area (Å²) in [6.07, 6.45) is 2.23. The zero-order chi connectivity index (χ0) is 19.1. The second-order valence-electron chi connectivity index (χ2n) is 7.96. The van der Waals surface area contributed by atoms with Gasteiger partial charge in [0.15, 0.2) is 0 Å². The molecule has 0 bridgehead atoms. The summed E-state index contributed by atoms with van der Waals surface area (Å²) in [6.45, 7) is 19.3. The minimum absolute atomic E-state index is 0.447. The first-order chi connectivity index (χ1) is 10.9. The number of hydrogen-bond donors (Lipinski definition) is 0. The fourth-order valence-corrected chi connectivity index (χ4v) is 1.55. The predicted molar refractivity (Wildman–Crippen MR) is 92.6 cm³/mol. The Morgan fingerprint density at radius 3 is 0.792 bits per heavy atom. The van der Waals surface area contributed by atoms with Crippen molar-refractivity contribution >= 4 is 0 Å². The molecular weight excluding hydrogens is 312 g/mol. The van der Waals surface area contributed by atoms with Crippen molar-refractivity contribution < 1.29 is 29.3 Å². The molecular formula is C18H38O6. The Morgan fingerprint density at radius 1 is 0.417 bits per heavy atom. The number of hydrogen-bond acceptors (Lipinski definition) is 6. The summed E-state index contributed by atoms with van der Waals surface area (Å²) >= 11 is 0. The lowest BCUT2D eigenvalue weighted by Crippen LogP contribution is -2.44. The van der Waals surface area contributed by atoms with Gasteiger partial charge in [0.25, 0.3) is 0 Å². The van der Waals surface area contributed by atoms with E-state index in [4.69, 9.17) is 29.3 Å². The standard InChI is InChI=1S/C18H38O6/c1-11-17(12-2,21-19-15(5,6)7)23-24-18(13-3,14-4)22-20-16(8,9)10/h11-14H2,1-10H3. The molecule has 0 atom stereocenters. The Labute approximate surface area is 147 Å². The molecule has 0 unspecified atom stereocenters. The third-order valence-corrected chi connectivity index (χ3v) is 3.39. The summed E-state index contributed by atoms with van der Waals surface area (Å²) in [4.78, 5) is 33.4. The highest BCUT2D eigenvalue weighted by Crippen LogP contribution is 2.32. The van der Waals surface area contributed by atoms with Gasteiger partial charge in [-0.05, 0) is 41.5 Å². The summed E-state index contributed by atoms with van der Waals surface area (Å²) in [6, 6.07) is 0. The van der Waals surface area contributed by atoms with Crippen LogP contribution in [0.4, 0.5) is 0 Å². The van der Waals surface area contributed by atoms with E-state index in [1.54, 1.807) is 0 Å². The van der Waals surface area contributed by atoms with Crippen molar-refractivity contribution in [1.82, 2.24) is 0 Å². The topological polar surface area (TPSA) is 55.4 Å². The molecule has 0 radical (unpaired) electrons. The zero-order valence-corrected chi connectivity index (χ0v) is 17.3. The van der Waals surface area contributed by atoms with Gasteiger partial charge in [-0.1, -0.05) is 27.7 Å². The van der Waals surface area contributed by atoms with Gasteiger partial charge in [0.2, 0.25) is 11.6 Å². The van der Waals surface area contributed by atoms with E-state index in [9.17, 15) is 0 Å². The lowest BCUT2D eigenvalue weighted by Gasteiger charge is -2.37. The molecule has 0 aliphatic heterocycles. The van der Waals surface area contributed by atoms with Gasteiger partial charge in [-0.2, -0.15) is 19.6 Å². The van der Waals surface area contributed by atoms with Crippen molar-refractivity contribution in [2.24, 2.45) is 0 Å². The van der Waals surface area contributed by atoms with Gasteiger partial charge in [0.1, 0.15) is 0 Å². The maximum atomic E-state index is 5.68. The number of rotatable bonds is 11. The molecule has 24 heavy (non-hydrogen) atoms. The highest BCUT2D eigenvalue weighted by molar-refractivity contribution is 4.66. The van der Waals surface area contributed by atoms with E-state index in [0.29, 0.717) is 25.7 Å². The highest BCUT2D eigenvalue weighted by Gasteiger charge is 2.40. The summed E-state index contributed by atoms with van der Waals surface area (Å²) in [5, 5.41) is 0. The van der Waals surface area contributed by atoms with Gasteiger partial charge < -0.3 is 0 Å². The highest BCUT2D eigenvalue weighted by atomic mass is 17.4. The summed E-state index contributed by atoms with van der Waals surface area (Å²) in [7, 11) is 0. The van der Waals surface area contributed by atoms with Gasteiger partial charge >= 0.3 is 0 Å². The lowest BCUT2D eigenvalue weighted by molar-refractivity contribution is -0.593. The monoisotopic (exact) mass is 350 g/mol. The summed E-state index contributed by atoms with van der Waals surface area (Å²) in [5.74, 6) is -2.01. The van der Waals surface area contributed by atoms with Crippen LogP contribution < -0.4 is 0 Å². The van der Waals surface area contributed by atoms with Crippen LogP contribution in [0, 0.1) is 0 Å². The Hall–Kier alpha value is -0.240. The van der Waals surface area contributed by atoms with Gasteiger partial charge in [0.05, 0.1) is 11.2 Å². The van der Waals surface area contributed by atoms with Crippen molar-refractivity contribution in [3.63, 3.8) is 0 Å². The van der Waals surface area contributed by atoms with E-state index in [1.165, 1.54) is 0 Å². The molecule has 0 N–H and O–H groups in total. The molecule has 0 aliphatic rings. The average Bonchev–Trinajstić information content (AvgIpc) is 2.49. The van der Waals surface area contributed by atoms with Crippen molar-refractivity contribution in [2.45, 2.75) is 118 Å². The van der Waals surface area contributed by atoms with Gasteiger partial charge in [-0.15, -0.1) is 0 Å². The van der Waals surface area contributed by atoms with E-state index < -0.39 is 22.8 Å². The summed E-state index contributed by atoms with van der Waals surface area (Å²) in [5.41, 5.74) is -0.894. The molecule has 0 aliphatic carbocycles. The van der Waals surface area contributed by atoms with Crippen LogP contribution in [-0.4, -0.2) is 22.8 Å². The molecule has 146 valence electrons. The van der Waals surface area contributed by atoms with E-state index in [1.807, 2.05) is 69.2 Å². The van der Waals surface area contributed by atoms with Crippen LogP contribution >= 0.6 is 0 Å². The van der Waals surface area contributed by atoms with Crippen LogP contribution in [0.15, 0.2) is 0 Å². The Balaban J connectivity index is 4.98. The summed E-state index contributed by atoms with van der Waals surface area (Å²) < 4.78 is 0. The van der Waals surface area contributed by atoms with Crippen molar-refractivity contribution in [2.75, 3.05) is 0 Å². The quantitative estimate of drug-likeness (QED) is 0.280. The smallest absolute Gasteiger partial charge is 0.228 e. The first-order valence-electron chi connectivity index (χ1n) is 8.97. The molecule has 0 amide bonds. The molecule has 0 spiro atoms. The maximum absolute atomic E-state index is 5.68. The van der Waals surface area contributed by atoms with E-state index in [0.717, 1.165) is 0 Å². The molecule has 0 aromatic heterocycles. The van der Waals surface area contributed by atoms with Crippen LogP contribution in [0.25, 0.3) is 0 Å². The minimum atomic E-state index is -1.01. The fraction of sp³-hybridized carbons (Fsp3) is 1.00. The van der Waals surface area contributed by atoms with Crippen molar-refractivity contribution in [3.8, 4) is 0 Å². The normalized spacial score (nSPS) is 14.2. The third kappa shape index (κ3) is 8.74. The molecule has 6 nitrogen and oxygen atoms in total. The Kier molecular flexibility index (Phi) is 9.36. The molecule has 0 aromatic carbocycles. The van der Waals surface area contributed by atoms with Crippen LogP contribution in [-0.2, 0) is 29.3 Å². The molecule has 0 saturated heterocycles. The molecule has 0 fully saturated rings. The second kappa shape index (κ2) is 9.46. The average molecular weight is 350 g/mol. The van der Waals surface area contributed by atoms with E-state index in [-0.39, 0.29) is 0 Å². The third-order valence-electron chi connectivity index (χ3n) is 3.39. The van der Waals surface area contributed by atoms with E-state index >= 15 is 0 Å². The van der Waals surface area contributed by atoms with Crippen LogP contribution in [0.1, 0.15) is 94.9 Å². The molecule has 0 saturated carbocycles. The van der Waals surface area contributed by atoms with Gasteiger partial charge in [0, 0.05) is 25.7 Å². The first-order valence-corrected chi connectivity index (χ1v) is 8.97. The molecule has 0 rings (SSSR count). The Bertz CT molecular complexity index is 300. The second-order valence-corrected chi connectivity index (χ2v) is 7.96. The van der Waals surface area contributed by atoms with Crippen molar-refractivity contribution in [1.29, 1.82) is 0 Å². The molecule has 0 heterocycles. The van der Waals surface area contributed by atoms with Gasteiger partial charge in [-0.3, -0.25) is 0 Å². The van der Waals surface area contributed by atoms with Crippen LogP contribution in [0.5, 0.6) is 0 Å². The van der Waals surface area contributed by atoms with E-state index in [2.05, 4.69) is 0 Å². The lowest BCUT2D eigenvalue weighted by atomic mass is 10.1. The first kappa shape index (κ1) is 23.8. The van der Waals surface area contributed by atoms with Crippen LogP contribution in [0.2, 0.25) is 0 Å². The fourth-order valence-electron chi connectivity index (χ4n) is 1.55. The molecule has 0 aromatic rings. The zero-order valence-electron chi connectivity index (χ0n) is 17.3. The van der Waals surface area contributed by atoms with Crippen LogP contribution in [0.3, 0.4) is 0 Å². The largest absolute Gasteiger partial charge is 0.233 e. The Morgan fingerprint density at radius 2 is 0.625 bits per heavy atom. The molecule has 6 heteroatoms. The van der Waals surface area contributed by atoms with Crippen molar-refractivity contribution in [3.05, 3.63) is 0 Å². The van der Waals surface area contributed by atoms with Gasteiger partial charge in [-0.25, -0.2) is 9.78 Å². The minimum Gasteiger partial charge on any atom is -0.228 e.